The molecule has 0 aromatic heterocycles. The van der Waals surface area contributed by atoms with E-state index in [0.29, 0.717) is 0 Å². The number of carbonyl (C=O) groups excluding carboxylic acids is 1. The SMILES string of the molecule is CNC(=O)C(O)(O)CS. The van der Waals surface area contributed by atoms with Crippen LogP contribution in [0.4, 0.5) is 0 Å². The number of amides is 1. The zero-order chi connectivity index (χ0) is 7.49. The van der Waals surface area contributed by atoms with E-state index in [0.717, 1.165) is 0 Å². The molecule has 0 atom stereocenters. The summed E-state index contributed by atoms with van der Waals surface area (Å²) < 4.78 is 0. The van der Waals surface area contributed by atoms with Crippen LogP contribution in [0.5, 0.6) is 0 Å². The molecular weight excluding hydrogens is 142 g/mol. The van der Waals surface area contributed by atoms with E-state index >= 15 is 0 Å². The highest BCUT2D eigenvalue weighted by Crippen LogP contribution is 1.99. The molecule has 3 N–H and O–H groups in total. The van der Waals surface area contributed by atoms with Crippen LogP contribution < -0.4 is 5.32 Å². The van der Waals surface area contributed by atoms with Crippen molar-refractivity contribution >= 4 is 18.5 Å². The van der Waals surface area contributed by atoms with Gasteiger partial charge in [-0.05, 0) is 0 Å². The van der Waals surface area contributed by atoms with Crippen LogP contribution in [0.2, 0.25) is 0 Å². The molecule has 0 saturated carbocycles. The van der Waals surface area contributed by atoms with Crippen molar-refractivity contribution in [2.75, 3.05) is 12.8 Å². The van der Waals surface area contributed by atoms with E-state index in [1.807, 2.05) is 0 Å². The Labute approximate surface area is 58.3 Å². The average molecular weight is 151 g/mol. The van der Waals surface area contributed by atoms with Crippen LogP contribution in [0, 0.1) is 0 Å². The Morgan fingerprint density at radius 2 is 2.22 bits per heavy atom. The first-order valence-electron chi connectivity index (χ1n) is 2.32. The third-order valence-electron chi connectivity index (χ3n) is 0.811. The van der Waals surface area contributed by atoms with Gasteiger partial charge >= 0.3 is 0 Å². The van der Waals surface area contributed by atoms with Crippen LogP contribution in [0.25, 0.3) is 0 Å². The minimum Gasteiger partial charge on any atom is -0.358 e. The molecule has 0 heterocycles. The van der Waals surface area contributed by atoms with Gasteiger partial charge in [0.1, 0.15) is 0 Å². The fourth-order valence-corrected chi connectivity index (χ4v) is 0.416. The van der Waals surface area contributed by atoms with Crippen molar-refractivity contribution in [1.82, 2.24) is 5.32 Å². The molecule has 0 aliphatic heterocycles. The van der Waals surface area contributed by atoms with Gasteiger partial charge < -0.3 is 15.5 Å². The molecule has 0 aliphatic carbocycles. The highest BCUT2D eigenvalue weighted by atomic mass is 32.1. The third-order valence-corrected chi connectivity index (χ3v) is 1.25. The van der Waals surface area contributed by atoms with E-state index in [9.17, 15) is 4.79 Å². The molecule has 0 aromatic rings. The number of hydrogen-bond donors (Lipinski definition) is 4. The molecule has 5 heteroatoms. The topological polar surface area (TPSA) is 69.6 Å². The summed E-state index contributed by atoms with van der Waals surface area (Å²) in [4.78, 5) is 10.4. The average Bonchev–Trinajstić information content (AvgIpc) is 1.86. The highest BCUT2D eigenvalue weighted by Gasteiger charge is 2.29. The van der Waals surface area contributed by atoms with E-state index < -0.39 is 11.7 Å². The molecule has 0 rings (SSSR count). The van der Waals surface area contributed by atoms with Crippen LogP contribution in [0.15, 0.2) is 0 Å². The summed E-state index contributed by atoms with van der Waals surface area (Å²) in [6, 6.07) is 0. The minimum absolute atomic E-state index is 0.313. The minimum atomic E-state index is -2.34. The summed E-state index contributed by atoms with van der Waals surface area (Å²) in [6.07, 6.45) is 0. The smallest absolute Gasteiger partial charge is 0.280 e. The van der Waals surface area contributed by atoms with Gasteiger partial charge in [-0.1, -0.05) is 0 Å². The molecule has 0 unspecified atom stereocenters. The largest absolute Gasteiger partial charge is 0.358 e. The molecule has 0 saturated heterocycles. The third kappa shape index (κ3) is 2.21. The van der Waals surface area contributed by atoms with Gasteiger partial charge in [-0.2, -0.15) is 12.6 Å². The zero-order valence-electron chi connectivity index (χ0n) is 4.96. The first-order valence-corrected chi connectivity index (χ1v) is 2.95. The van der Waals surface area contributed by atoms with Crippen LogP contribution in [0.3, 0.4) is 0 Å². The molecular formula is C4H9NO3S. The predicted molar refractivity (Wildman–Crippen MR) is 35.1 cm³/mol. The lowest BCUT2D eigenvalue weighted by molar-refractivity contribution is -0.175. The second-order valence-electron chi connectivity index (χ2n) is 1.55. The van der Waals surface area contributed by atoms with Crippen molar-refractivity contribution in [3.05, 3.63) is 0 Å². The van der Waals surface area contributed by atoms with Gasteiger partial charge in [0.2, 0.25) is 0 Å². The summed E-state index contributed by atoms with van der Waals surface area (Å²) in [5.74, 6) is -3.50. The fraction of sp³-hybridized carbons (Fsp3) is 0.750. The second kappa shape index (κ2) is 3.05. The molecule has 0 radical (unpaired) electrons. The predicted octanol–water partition coefficient (Wildman–Crippen LogP) is -1.66. The second-order valence-corrected chi connectivity index (χ2v) is 1.87. The lowest BCUT2D eigenvalue weighted by Crippen LogP contribution is -2.46. The Kier molecular flexibility index (Phi) is 2.96. The molecule has 0 bridgehead atoms. The maximum absolute atomic E-state index is 10.4. The summed E-state index contributed by atoms with van der Waals surface area (Å²) >= 11 is 3.53. The highest BCUT2D eigenvalue weighted by molar-refractivity contribution is 7.80. The molecule has 54 valence electrons. The number of aliphatic hydroxyl groups is 2. The number of rotatable bonds is 2. The van der Waals surface area contributed by atoms with Crippen LogP contribution in [0.1, 0.15) is 0 Å². The van der Waals surface area contributed by atoms with Gasteiger partial charge in [-0.25, -0.2) is 0 Å². The van der Waals surface area contributed by atoms with Crippen molar-refractivity contribution in [2.24, 2.45) is 0 Å². The normalized spacial score (nSPS) is 11.1. The van der Waals surface area contributed by atoms with E-state index in [1.54, 1.807) is 0 Å². The Hall–Kier alpha value is -0.260. The lowest BCUT2D eigenvalue weighted by atomic mass is 10.3. The van der Waals surface area contributed by atoms with E-state index in [4.69, 9.17) is 10.2 Å². The Bertz CT molecular complexity index is 114. The van der Waals surface area contributed by atoms with Crippen LogP contribution >= 0.6 is 12.6 Å². The Morgan fingerprint density at radius 3 is 2.33 bits per heavy atom. The quantitative estimate of drug-likeness (QED) is 0.282. The Morgan fingerprint density at radius 1 is 1.78 bits per heavy atom. The first-order chi connectivity index (χ1) is 4.04. The van der Waals surface area contributed by atoms with Gasteiger partial charge in [-0.15, -0.1) is 0 Å². The number of nitrogens with one attached hydrogen (secondary N) is 1. The maximum Gasteiger partial charge on any atom is 0.280 e. The molecule has 1 amide bonds. The van der Waals surface area contributed by atoms with Crippen molar-refractivity contribution in [3.63, 3.8) is 0 Å². The maximum atomic E-state index is 10.4. The summed E-state index contributed by atoms with van der Waals surface area (Å²) in [5.41, 5.74) is 0. The van der Waals surface area contributed by atoms with Crippen LogP contribution in [-0.4, -0.2) is 34.7 Å². The fourth-order valence-electron chi connectivity index (χ4n) is 0.272. The molecule has 0 fully saturated rings. The van der Waals surface area contributed by atoms with E-state index in [2.05, 4.69) is 17.9 Å². The standard InChI is InChI=1S/C4H9NO3S/c1-5-3(6)4(7,8)2-9/h7-9H,2H2,1H3,(H,5,6). The summed E-state index contributed by atoms with van der Waals surface area (Å²) in [7, 11) is 1.31. The molecule has 4 nitrogen and oxygen atoms in total. The molecule has 9 heavy (non-hydrogen) atoms. The number of hydrogen-bond acceptors (Lipinski definition) is 4. The van der Waals surface area contributed by atoms with Crippen molar-refractivity contribution < 1.29 is 15.0 Å². The first kappa shape index (κ1) is 8.74. The summed E-state index contributed by atoms with van der Waals surface area (Å²) in [5, 5.41) is 19.4. The molecule has 0 aromatic carbocycles. The van der Waals surface area contributed by atoms with Gasteiger partial charge in [0.25, 0.3) is 11.7 Å². The number of carbonyl (C=O) groups is 1. The number of likely N-dealkylation sites (N-methyl/N-ethyl adjacent to an activating group) is 1. The van der Waals surface area contributed by atoms with Gasteiger partial charge in [0.15, 0.2) is 0 Å². The lowest BCUT2D eigenvalue weighted by Gasteiger charge is -2.15. The van der Waals surface area contributed by atoms with E-state index in [-0.39, 0.29) is 5.75 Å². The van der Waals surface area contributed by atoms with E-state index in [1.165, 1.54) is 7.05 Å². The zero-order valence-corrected chi connectivity index (χ0v) is 5.85. The molecule has 0 aliphatic rings. The van der Waals surface area contributed by atoms with Gasteiger partial charge in [-0.3, -0.25) is 4.79 Å². The van der Waals surface area contributed by atoms with Crippen molar-refractivity contribution in [1.29, 1.82) is 0 Å². The van der Waals surface area contributed by atoms with Crippen molar-refractivity contribution in [2.45, 2.75) is 5.79 Å². The van der Waals surface area contributed by atoms with Gasteiger partial charge in [0, 0.05) is 7.05 Å². The summed E-state index contributed by atoms with van der Waals surface area (Å²) in [6.45, 7) is 0. The van der Waals surface area contributed by atoms with Gasteiger partial charge in [0.05, 0.1) is 5.75 Å². The number of thiol groups is 1. The monoisotopic (exact) mass is 151 g/mol. The molecule has 0 spiro atoms. The van der Waals surface area contributed by atoms with Crippen LogP contribution in [-0.2, 0) is 4.79 Å². The Balaban J connectivity index is 3.97. The van der Waals surface area contributed by atoms with Crippen molar-refractivity contribution in [3.8, 4) is 0 Å².